The van der Waals surface area contributed by atoms with Crippen LogP contribution in [-0.4, -0.2) is 69.8 Å². The quantitative estimate of drug-likeness (QED) is 0.600. The lowest BCUT2D eigenvalue weighted by molar-refractivity contribution is 0.0890. The lowest BCUT2D eigenvalue weighted by Gasteiger charge is -2.31. The minimum Gasteiger partial charge on any atom is -0.383 e. The Balaban J connectivity index is 4.07. The average molecular weight is 217 g/mol. The molecule has 0 aromatic rings. The summed E-state index contributed by atoms with van der Waals surface area (Å²) in [7, 11) is 5.93. The van der Waals surface area contributed by atoms with E-state index >= 15 is 0 Å². The number of hydrogen-bond donors (Lipinski definition) is 1. The van der Waals surface area contributed by atoms with Crippen LogP contribution < -0.4 is 5.73 Å². The first-order chi connectivity index (χ1) is 7.15. The Hall–Kier alpha value is -0.160. The topological polar surface area (TPSA) is 41.7 Å². The van der Waals surface area contributed by atoms with E-state index in [1.807, 2.05) is 0 Å². The number of nitrogens with two attached hydrogens (primary N) is 1. The molecule has 0 saturated heterocycles. The lowest BCUT2D eigenvalue weighted by atomic mass is 10.2. The summed E-state index contributed by atoms with van der Waals surface area (Å²) in [6, 6.07) is 0.356. The second-order valence-electron chi connectivity index (χ2n) is 4.18. The second-order valence-corrected chi connectivity index (χ2v) is 4.18. The van der Waals surface area contributed by atoms with Crippen LogP contribution in [0.1, 0.15) is 13.3 Å². The molecule has 0 heterocycles. The zero-order chi connectivity index (χ0) is 11.7. The molecule has 0 aromatic heterocycles. The predicted molar refractivity (Wildman–Crippen MR) is 65.1 cm³/mol. The van der Waals surface area contributed by atoms with Gasteiger partial charge in [0.05, 0.1) is 6.61 Å². The van der Waals surface area contributed by atoms with Gasteiger partial charge in [-0.05, 0) is 27.1 Å². The van der Waals surface area contributed by atoms with Crippen LogP contribution in [-0.2, 0) is 4.74 Å². The molecular formula is C11H27N3O. The largest absolute Gasteiger partial charge is 0.383 e. The van der Waals surface area contributed by atoms with E-state index in [0.717, 1.165) is 32.7 Å². The summed E-state index contributed by atoms with van der Waals surface area (Å²) in [6.45, 7) is 6.82. The zero-order valence-electron chi connectivity index (χ0n) is 10.7. The molecule has 0 aliphatic rings. The van der Waals surface area contributed by atoms with Crippen LogP contribution in [0.25, 0.3) is 0 Å². The van der Waals surface area contributed by atoms with Crippen LogP contribution in [0, 0.1) is 0 Å². The maximum Gasteiger partial charge on any atom is 0.0630 e. The van der Waals surface area contributed by atoms with Crippen molar-refractivity contribution >= 4 is 0 Å². The number of hydrogen-bond acceptors (Lipinski definition) is 4. The average Bonchev–Trinajstić information content (AvgIpc) is 2.21. The summed E-state index contributed by atoms with van der Waals surface area (Å²) in [6.07, 6.45) is 1.16. The van der Waals surface area contributed by atoms with Gasteiger partial charge in [0.2, 0.25) is 0 Å². The molecule has 1 unspecified atom stereocenters. The van der Waals surface area contributed by atoms with E-state index in [1.54, 1.807) is 7.11 Å². The van der Waals surface area contributed by atoms with Crippen LogP contribution in [0.3, 0.4) is 0 Å². The van der Waals surface area contributed by atoms with Gasteiger partial charge < -0.3 is 15.4 Å². The highest BCUT2D eigenvalue weighted by Crippen LogP contribution is 2.01. The lowest BCUT2D eigenvalue weighted by Crippen LogP contribution is -2.46. The van der Waals surface area contributed by atoms with E-state index in [2.05, 4.69) is 30.8 Å². The molecule has 4 heteroatoms. The molecule has 0 radical (unpaired) electrons. The van der Waals surface area contributed by atoms with Crippen molar-refractivity contribution in [2.24, 2.45) is 5.73 Å². The van der Waals surface area contributed by atoms with Gasteiger partial charge in [-0.3, -0.25) is 4.90 Å². The molecule has 0 aliphatic heterocycles. The van der Waals surface area contributed by atoms with Crippen LogP contribution in [0.5, 0.6) is 0 Å². The number of likely N-dealkylation sites (N-methyl/N-ethyl adjacent to an activating group) is 1. The van der Waals surface area contributed by atoms with Gasteiger partial charge in [0.25, 0.3) is 0 Å². The third kappa shape index (κ3) is 6.84. The molecule has 0 amide bonds. The van der Waals surface area contributed by atoms with Crippen molar-refractivity contribution in [1.82, 2.24) is 9.80 Å². The van der Waals surface area contributed by atoms with Gasteiger partial charge in [-0.15, -0.1) is 0 Å². The van der Waals surface area contributed by atoms with Gasteiger partial charge in [0.1, 0.15) is 0 Å². The van der Waals surface area contributed by atoms with Gasteiger partial charge in [-0.1, -0.05) is 6.92 Å². The molecule has 92 valence electrons. The molecule has 15 heavy (non-hydrogen) atoms. The number of methoxy groups -OCH3 is 1. The van der Waals surface area contributed by atoms with E-state index in [1.165, 1.54) is 0 Å². The van der Waals surface area contributed by atoms with E-state index < -0.39 is 0 Å². The van der Waals surface area contributed by atoms with Crippen LogP contribution in [0.4, 0.5) is 0 Å². The Morgan fingerprint density at radius 2 is 1.87 bits per heavy atom. The molecule has 0 spiro atoms. The van der Waals surface area contributed by atoms with Gasteiger partial charge in [0, 0.05) is 32.8 Å². The molecule has 0 aromatic carbocycles. The van der Waals surface area contributed by atoms with Crippen molar-refractivity contribution in [3.05, 3.63) is 0 Å². The van der Waals surface area contributed by atoms with Crippen LogP contribution >= 0.6 is 0 Å². The first-order valence-electron chi connectivity index (χ1n) is 5.73. The summed E-state index contributed by atoms with van der Waals surface area (Å²) < 4.78 is 5.19. The van der Waals surface area contributed by atoms with E-state index in [-0.39, 0.29) is 0 Å². The van der Waals surface area contributed by atoms with E-state index in [0.29, 0.717) is 12.6 Å². The molecule has 0 saturated carbocycles. The summed E-state index contributed by atoms with van der Waals surface area (Å²) in [5.74, 6) is 0. The minimum absolute atomic E-state index is 0.356. The van der Waals surface area contributed by atoms with Gasteiger partial charge in [-0.25, -0.2) is 0 Å². The summed E-state index contributed by atoms with van der Waals surface area (Å²) >= 11 is 0. The van der Waals surface area contributed by atoms with Crippen molar-refractivity contribution in [2.45, 2.75) is 19.4 Å². The number of ether oxygens (including phenoxy) is 1. The molecule has 0 fully saturated rings. The SMILES string of the molecule is CCCN(CCN(C)C)C(CN)COC. The van der Waals surface area contributed by atoms with E-state index in [4.69, 9.17) is 10.5 Å². The summed E-state index contributed by atoms with van der Waals surface area (Å²) in [4.78, 5) is 4.62. The van der Waals surface area contributed by atoms with Crippen molar-refractivity contribution in [2.75, 3.05) is 54.0 Å². The third-order valence-corrected chi connectivity index (χ3v) is 2.49. The normalized spacial score (nSPS) is 13.8. The predicted octanol–water partition coefficient (Wildman–Crippen LogP) is 0.234. The standard InChI is InChI=1S/C11H27N3O/c1-5-6-14(8-7-13(2)3)11(9-12)10-15-4/h11H,5-10,12H2,1-4H3. The van der Waals surface area contributed by atoms with E-state index in [9.17, 15) is 0 Å². The molecule has 2 N–H and O–H groups in total. The Morgan fingerprint density at radius 1 is 1.20 bits per heavy atom. The Bertz CT molecular complexity index is 142. The van der Waals surface area contributed by atoms with Gasteiger partial charge in [0.15, 0.2) is 0 Å². The molecule has 0 bridgehead atoms. The van der Waals surface area contributed by atoms with Gasteiger partial charge in [-0.2, -0.15) is 0 Å². The first-order valence-corrected chi connectivity index (χ1v) is 5.73. The van der Waals surface area contributed by atoms with Crippen LogP contribution in [0.2, 0.25) is 0 Å². The summed E-state index contributed by atoms with van der Waals surface area (Å²) in [5.41, 5.74) is 5.76. The number of rotatable bonds is 9. The zero-order valence-corrected chi connectivity index (χ0v) is 10.7. The highest BCUT2D eigenvalue weighted by atomic mass is 16.5. The first kappa shape index (κ1) is 14.8. The molecular weight excluding hydrogens is 190 g/mol. The Labute approximate surface area is 94.4 Å². The van der Waals surface area contributed by atoms with Crippen molar-refractivity contribution in [3.63, 3.8) is 0 Å². The second kappa shape index (κ2) is 9.09. The molecule has 0 rings (SSSR count). The smallest absolute Gasteiger partial charge is 0.0630 e. The highest BCUT2D eigenvalue weighted by molar-refractivity contribution is 4.72. The highest BCUT2D eigenvalue weighted by Gasteiger charge is 2.15. The monoisotopic (exact) mass is 217 g/mol. The summed E-state index contributed by atoms with van der Waals surface area (Å²) in [5, 5.41) is 0. The molecule has 0 aliphatic carbocycles. The number of nitrogens with zero attached hydrogens (tertiary/aromatic N) is 2. The Morgan fingerprint density at radius 3 is 2.27 bits per heavy atom. The van der Waals surface area contributed by atoms with Crippen molar-refractivity contribution in [1.29, 1.82) is 0 Å². The van der Waals surface area contributed by atoms with Gasteiger partial charge >= 0.3 is 0 Å². The fraction of sp³-hybridized carbons (Fsp3) is 1.00. The maximum absolute atomic E-state index is 5.76. The fourth-order valence-corrected chi connectivity index (χ4v) is 1.61. The molecule has 4 nitrogen and oxygen atoms in total. The van der Waals surface area contributed by atoms with Crippen LogP contribution in [0.15, 0.2) is 0 Å². The van der Waals surface area contributed by atoms with Crippen molar-refractivity contribution < 1.29 is 4.74 Å². The maximum atomic E-state index is 5.76. The van der Waals surface area contributed by atoms with Crippen molar-refractivity contribution in [3.8, 4) is 0 Å². The minimum atomic E-state index is 0.356. The fourth-order valence-electron chi connectivity index (χ4n) is 1.61. The Kier molecular flexibility index (Phi) is 9.00. The molecule has 1 atom stereocenters. The third-order valence-electron chi connectivity index (χ3n) is 2.49.